The number of nitrogens with zero attached hydrogens (tertiary/aromatic N) is 2. The van der Waals surface area contributed by atoms with Gasteiger partial charge in [0.25, 0.3) is 0 Å². The van der Waals surface area contributed by atoms with E-state index < -0.39 is 0 Å². The molecule has 2 amide bonds. The summed E-state index contributed by atoms with van der Waals surface area (Å²) >= 11 is 0. The van der Waals surface area contributed by atoms with Crippen LogP contribution in [0.3, 0.4) is 0 Å². The maximum Gasteiger partial charge on any atom is 0.320 e. The van der Waals surface area contributed by atoms with Gasteiger partial charge in [0.05, 0.1) is 5.69 Å². The SMILES string of the molecule is CCc1cc(NC(=O)NCC(c2ccccc2)C(C)(C)CO)n(C)n1. The van der Waals surface area contributed by atoms with Crippen LogP contribution in [0.1, 0.15) is 37.9 Å². The predicted molar refractivity (Wildman–Crippen MR) is 99.7 cm³/mol. The Labute approximate surface area is 149 Å². The molecule has 0 aliphatic heterocycles. The Balaban J connectivity index is 2.04. The van der Waals surface area contributed by atoms with Crippen LogP contribution in [0, 0.1) is 5.41 Å². The minimum absolute atomic E-state index is 0.00203. The lowest BCUT2D eigenvalue weighted by atomic mass is 9.75. The minimum Gasteiger partial charge on any atom is -0.396 e. The second-order valence-electron chi connectivity index (χ2n) is 6.94. The molecule has 1 unspecified atom stereocenters. The first-order valence-electron chi connectivity index (χ1n) is 8.61. The van der Waals surface area contributed by atoms with Crippen molar-refractivity contribution in [1.82, 2.24) is 15.1 Å². The smallest absolute Gasteiger partial charge is 0.320 e. The van der Waals surface area contributed by atoms with Gasteiger partial charge in [0.15, 0.2) is 0 Å². The van der Waals surface area contributed by atoms with Gasteiger partial charge in [0.1, 0.15) is 5.82 Å². The molecule has 1 atom stereocenters. The van der Waals surface area contributed by atoms with Gasteiger partial charge in [-0.3, -0.25) is 10.00 Å². The number of aromatic nitrogens is 2. The molecule has 1 aromatic carbocycles. The Morgan fingerprint density at radius 2 is 2.00 bits per heavy atom. The fraction of sp³-hybridized carbons (Fsp3) is 0.474. The number of rotatable bonds is 7. The van der Waals surface area contributed by atoms with Gasteiger partial charge in [-0.2, -0.15) is 5.10 Å². The van der Waals surface area contributed by atoms with Crippen LogP contribution in [0.25, 0.3) is 0 Å². The fourth-order valence-corrected chi connectivity index (χ4v) is 2.81. The van der Waals surface area contributed by atoms with Crippen LogP contribution in [0.15, 0.2) is 36.4 Å². The van der Waals surface area contributed by atoms with Gasteiger partial charge in [0.2, 0.25) is 0 Å². The number of hydrogen-bond acceptors (Lipinski definition) is 3. The molecule has 0 radical (unpaired) electrons. The summed E-state index contributed by atoms with van der Waals surface area (Å²) in [4.78, 5) is 12.3. The van der Waals surface area contributed by atoms with E-state index in [-0.39, 0.29) is 24.0 Å². The van der Waals surface area contributed by atoms with E-state index >= 15 is 0 Å². The maximum absolute atomic E-state index is 12.3. The Hall–Kier alpha value is -2.34. The van der Waals surface area contributed by atoms with Crippen LogP contribution in [-0.4, -0.2) is 34.1 Å². The molecule has 2 rings (SSSR count). The molecular formula is C19H28N4O2. The fourth-order valence-electron chi connectivity index (χ4n) is 2.81. The van der Waals surface area contributed by atoms with Crippen LogP contribution in [-0.2, 0) is 13.5 Å². The summed E-state index contributed by atoms with van der Waals surface area (Å²) in [6.07, 6.45) is 0.817. The number of aliphatic hydroxyl groups excluding tert-OH is 1. The summed E-state index contributed by atoms with van der Waals surface area (Å²) in [7, 11) is 1.80. The van der Waals surface area contributed by atoms with Crippen LogP contribution >= 0.6 is 0 Å². The lowest BCUT2D eigenvalue weighted by Crippen LogP contribution is -2.38. The first-order valence-corrected chi connectivity index (χ1v) is 8.61. The second kappa shape index (κ2) is 8.16. The zero-order chi connectivity index (χ0) is 18.4. The van der Waals surface area contributed by atoms with E-state index in [9.17, 15) is 9.90 Å². The normalized spacial score (nSPS) is 12.7. The summed E-state index contributed by atoms with van der Waals surface area (Å²) in [5.74, 6) is 0.661. The molecule has 1 aromatic heterocycles. The molecule has 25 heavy (non-hydrogen) atoms. The van der Waals surface area contributed by atoms with Gasteiger partial charge in [-0.15, -0.1) is 0 Å². The van der Waals surface area contributed by atoms with E-state index in [0.29, 0.717) is 12.4 Å². The van der Waals surface area contributed by atoms with Crippen molar-refractivity contribution in [3.8, 4) is 0 Å². The molecule has 3 N–H and O–H groups in total. The molecule has 136 valence electrons. The van der Waals surface area contributed by atoms with Gasteiger partial charge in [0, 0.05) is 32.2 Å². The van der Waals surface area contributed by atoms with Crippen molar-refractivity contribution < 1.29 is 9.90 Å². The van der Waals surface area contributed by atoms with E-state index in [1.807, 2.05) is 57.2 Å². The molecule has 0 saturated heterocycles. The van der Waals surface area contributed by atoms with E-state index in [1.54, 1.807) is 11.7 Å². The second-order valence-corrected chi connectivity index (χ2v) is 6.94. The Morgan fingerprint density at radius 1 is 1.32 bits per heavy atom. The monoisotopic (exact) mass is 344 g/mol. The number of hydrogen-bond donors (Lipinski definition) is 3. The quantitative estimate of drug-likeness (QED) is 0.722. The first-order chi connectivity index (χ1) is 11.9. The summed E-state index contributed by atoms with van der Waals surface area (Å²) in [5.41, 5.74) is 1.67. The van der Waals surface area contributed by atoms with E-state index in [4.69, 9.17) is 0 Å². The number of carbonyl (C=O) groups is 1. The van der Waals surface area contributed by atoms with E-state index in [2.05, 4.69) is 15.7 Å². The predicted octanol–water partition coefficient (Wildman–Crippen LogP) is 2.91. The number of nitrogens with one attached hydrogen (secondary N) is 2. The maximum atomic E-state index is 12.3. The van der Waals surface area contributed by atoms with E-state index in [0.717, 1.165) is 17.7 Å². The lowest BCUT2D eigenvalue weighted by Gasteiger charge is -2.33. The first kappa shape index (κ1) is 19.0. The average molecular weight is 344 g/mol. The van der Waals surface area contributed by atoms with Crippen molar-refractivity contribution in [1.29, 1.82) is 0 Å². The molecule has 1 heterocycles. The zero-order valence-corrected chi connectivity index (χ0v) is 15.4. The molecule has 6 nitrogen and oxygen atoms in total. The summed E-state index contributed by atoms with van der Waals surface area (Å²) < 4.78 is 1.66. The molecule has 6 heteroatoms. The molecule has 0 saturated carbocycles. The highest BCUT2D eigenvalue weighted by Gasteiger charge is 2.30. The summed E-state index contributed by atoms with van der Waals surface area (Å²) in [5, 5.41) is 19.8. The van der Waals surface area contributed by atoms with Gasteiger partial charge in [-0.1, -0.05) is 51.1 Å². The zero-order valence-electron chi connectivity index (χ0n) is 15.4. The highest BCUT2D eigenvalue weighted by Crippen LogP contribution is 2.34. The number of anilines is 1. The molecular weight excluding hydrogens is 316 g/mol. The average Bonchev–Trinajstić information content (AvgIpc) is 2.95. The Morgan fingerprint density at radius 3 is 2.56 bits per heavy atom. The van der Waals surface area contributed by atoms with Gasteiger partial charge < -0.3 is 10.4 Å². The van der Waals surface area contributed by atoms with Crippen molar-refractivity contribution in [2.45, 2.75) is 33.1 Å². The number of carbonyl (C=O) groups excluding carboxylic acids is 1. The third-order valence-electron chi connectivity index (χ3n) is 4.55. The highest BCUT2D eigenvalue weighted by atomic mass is 16.3. The Bertz CT molecular complexity index is 695. The molecule has 2 aromatic rings. The third-order valence-corrected chi connectivity index (χ3v) is 4.55. The van der Waals surface area contributed by atoms with Crippen molar-refractivity contribution in [2.24, 2.45) is 12.5 Å². The van der Waals surface area contributed by atoms with Crippen LogP contribution in [0.4, 0.5) is 10.6 Å². The number of urea groups is 1. The van der Waals surface area contributed by atoms with Crippen molar-refractivity contribution in [3.63, 3.8) is 0 Å². The molecule has 0 bridgehead atoms. The van der Waals surface area contributed by atoms with Crippen molar-refractivity contribution in [3.05, 3.63) is 47.7 Å². The molecule has 0 fully saturated rings. The molecule has 0 aliphatic rings. The van der Waals surface area contributed by atoms with Crippen molar-refractivity contribution in [2.75, 3.05) is 18.5 Å². The molecule has 0 aliphatic carbocycles. The third kappa shape index (κ3) is 4.82. The standard InChI is InChI=1S/C19H28N4O2/c1-5-15-11-17(23(4)22-15)21-18(25)20-12-16(19(2,3)13-24)14-9-7-6-8-10-14/h6-11,16,24H,5,12-13H2,1-4H3,(H2,20,21,25). The van der Waals surface area contributed by atoms with Gasteiger partial charge in [-0.05, 0) is 17.4 Å². The summed E-state index contributed by atoms with van der Waals surface area (Å²) in [6, 6.07) is 11.5. The number of benzene rings is 1. The number of aryl methyl sites for hydroxylation is 2. The molecule has 0 spiro atoms. The topological polar surface area (TPSA) is 79.2 Å². The largest absolute Gasteiger partial charge is 0.396 e. The van der Waals surface area contributed by atoms with Crippen LogP contribution in [0.5, 0.6) is 0 Å². The number of amides is 2. The Kier molecular flexibility index (Phi) is 6.20. The lowest BCUT2D eigenvalue weighted by molar-refractivity contribution is 0.130. The minimum atomic E-state index is -0.351. The highest BCUT2D eigenvalue weighted by molar-refractivity contribution is 5.88. The van der Waals surface area contributed by atoms with Crippen molar-refractivity contribution >= 4 is 11.8 Å². The van der Waals surface area contributed by atoms with Gasteiger partial charge in [-0.25, -0.2) is 4.79 Å². The van der Waals surface area contributed by atoms with Gasteiger partial charge >= 0.3 is 6.03 Å². The van der Waals surface area contributed by atoms with Crippen LogP contribution in [0.2, 0.25) is 0 Å². The number of aliphatic hydroxyl groups is 1. The van der Waals surface area contributed by atoms with Crippen LogP contribution < -0.4 is 10.6 Å². The summed E-state index contributed by atoms with van der Waals surface area (Å²) in [6.45, 7) is 6.49. The van der Waals surface area contributed by atoms with E-state index in [1.165, 1.54) is 0 Å².